The van der Waals surface area contributed by atoms with Crippen LogP contribution in [0.3, 0.4) is 0 Å². The summed E-state index contributed by atoms with van der Waals surface area (Å²) >= 11 is 0. The number of rotatable bonds is 9. The fourth-order valence-corrected chi connectivity index (χ4v) is 5.60. The van der Waals surface area contributed by atoms with Gasteiger partial charge in [-0.1, -0.05) is 45.9 Å². The zero-order chi connectivity index (χ0) is 27.7. The summed E-state index contributed by atoms with van der Waals surface area (Å²) in [6.07, 6.45) is 1.49. The maximum absolute atomic E-state index is 15.0. The molecule has 1 aliphatic rings. The summed E-state index contributed by atoms with van der Waals surface area (Å²) < 4.78 is 32.5. The van der Waals surface area contributed by atoms with Crippen LogP contribution in [0.5, 0.6) is 11.5 Å². The average molecular weight is 521 g/mol. The van der Waals surface area contributed by atoms with Gasteiger partial charge in [-0.2, -0.15) is 0 Å². The normalized spacial score (nSPS) is 17.7. The van der Waals surface area contributed by atoms with Crippen molar-refractivity contribution in [2.24, 2.45) is 5.41 Å². The predicted molar refractivity (Wildman–Crippen MR) is 146 cm³/mol. The van der Waals surface area contributed by atoms with E-state index in [0.717, 1.165) is 35.1 Å². The molecule has 3 aromatic rings. The van der Waals surface area contributed by atoms with E-state index in [0.29, 0.717) is 23.7 Å². The highest BCUT2D eigenvalue weighted by Gasteiger charge is 2.36. The van der Waals surface area contributed by atoms with E-state index in [2.05, 4.69) is 20.8 Å². The van der Waals surface area contributed by atoms with E-state index in [1.54, 1.807) is 26.4 Å². The van der Waals surface area contributed by atoms with Gasteiger partial charge in [-0.15, -0.1) is 0 Å². The molecular weight excluding hydrogens is 483 g/mol. The Morgan fingerprint density at radius 2 is 1.76 bits per heavy atom. The Morgan fingerprint density at radius 1 is 1.03 bits per heavy atom. The van der Waals surface area contributed by atoms with Crippen molar-refractivity contribution in [1.82, 2.24) is 0 Å². The van der Waals surface area contributed by atoms with Crippen molar-refractivity contribution >= 4 is 5.97 Å². The molecule has 0 aromatic heterocycles. The van der Waals surface area contributed by atoms with E-state index < -0.39 is 11.4 Å². The topological polar surface area (TPSA) is 65.0 Å². The number of benzene rings is 3. The Bertz CT molecular complexity index is 1330. The van der Waals surface area contributed by atoms with Gasteiger partial charge in [-0.05, 0) is 82.5 Å². The molecule has 0 spiro atoms. The van der Waals surface area contributed by atoms with Gasteiger partial charge in [0.2, 0.25) is 0 Å². The molecule has 0 fully saturated rings. The molecule has 1 N–H and O–H groups in total. The lowest BCUT2D eigenvalue weighted by molar-refractivity contribution is -0.138. The summed E-state index contributed by atoms with van der Waals surface area (Å²) in [5.74, 6) is 0.155. The summed E-state index contributed by atoms with van der Waals surface area (Å²) in [5.41, 5.74) is 4.59. The molecule has 0 saturated carbocycles. The fraction of sp³-hybridized carbons (Fsp3) is 0.406. The van der Waals surface area contributed by atoms with Crippen molar-refractivity contribution < 1.29 is 28.5 Å². The van der Waals surface area contributed by atoms with Crippen molar-refractivity contribution in [1.29, 1.82) is 0 Å². The first kappa shape index (κ1) is 27.6. The lowest BCUT2D eigenvalue weighted by Crippen LogP contribution is -2.22. The van der Waals surface area contributed by atoms with Crippen LogP contribution in [0.25, 0.3) is 11.1 Å². The molecule has 0 radical (unpaired) electrons. The summed E-state index contributed by atoms with van der Waals surface area (Å²) in [4.78, 5) is 11.5. The average Bonchev–Trinajstić information content (AvgIpc) is 3.18. The number of fused-ring (bicyclic) bond motifs is 1. The fourth-order valence-electron chi connectivity index (χ4n) is 5.60. The van der Waals surface area contributed by atoms with E-state index in [9.17, 15) is 14.3 Å². The zero-order valence-corrected chi connectivity index (χ0v) is 23.1. The van der Waals surface area contributed by atoms with Crippen molar-refractivity contribution in [2.45, 2.75) is 65.1 Å². The van der Waals surface area contributed by atoms with Crippen molar-refractivity contribution in [3.8, 4) is 22.6 Å². The van der Waals surface area contributed by atoms with Gasteiger partial charge in [0.15, 0.2) is 0 Å². The lowest BCUT2D eigenvalue weighted by Gasteiger charge is -2.32. The minimum Gasteiger partial charge on any atom is -0.497 e. The molecule has 6 heteroatoms. The van der Waals surface area contributed by atoms with Gasteiger partial charge < -0.3 is 19.3 Å². The van der Waals surface area contributed by atoms with Gasteiger partial charge in [0.05, 0.1) is 19.6 Å². The van der Waals surface area contributed by atoms with E-state index >= 15 is 0 Å². The van der Waals surface area contributed by atoms with Crippen LogP contribution in [0.4, 0.5) is 4.39 Å². The Labute approximate surface area is 224 Å². The van der Waals surface area contributed by atoms with Crippen molar-refractivity contribution in [2.75, 3.05) is 14.2 Å². The highest BCUT2D eigenvalue weighted by Crippen LogP contribution is 2.44. The number of carbonyl (C=O) groups is 1. The van der Waals surface area contributed by atoms with E-state index in [4.69, 9.17) is 14.2 Å². The summed E-state index contributed by atoms with van der Waals surface area (Å²) in [7, 11) is 3.23. The van der Waals surface area contributed by atoms with Crippen molar-refractivity contribution in [3.05, 3.63) is 82.7 Å². The van der Waals surface area contributed by atoms with Crippen LogP contribution in [0.1, 0.15) is 68.9 Å². The molecule has 0 unspecified atom stereocenters. The van der Waals surface area contributed by atoms with E-state index in [1.807, 2.05) is 43.3 Å². The number of ether oxygens (including phenoxy) is 3. The molecule has 38 heavy (non-hydrogen) atoms. The molecule has 4 rings (SSSR count). The van der Waals surface area contributed by atoms with E-state index in [-0.39, 0.29) is 23.8 Å². The molecule has 0 saturated heterocycles. The van der Waals surface area contributed by atoms with Crippen LogP contribution < -0.4 is 9.47 Å². The number of aliphatic carboxylic acids is 1. The maximum Gasteiger partial charge on any atom is 0.304 e. The largest absolute Gasteiger partial charge is 0.497 e. The van der Waals surface area contributed by atoms with Gasteiger partial charge in [-0.25, -0.2) is 4.39 Å². The highest BCUT2D eigenvalue weighted by molar-refractivity contribution is 5.71. The molecule has 202 valence electrons. The molecule has 5 nitrogen and oxygen atoms in total. The summed E-state index contributed by atoms with van der Waals surface area (Å²) in [6.45, 7) is 8.60. The third-order valence-corrected chi connectivity index (χ3v) is 7.51. The monoisotopic (exact) mass is 520 g/mol. The van der Waals surface area contributed by atoms with Gasteiger partial charge in [0.1, 0.15) is 23.9 Å². The molecule has 0 heterocycles. The van der Waals surface area contributed by atoms with Crippen LogP contribution in [-0.2, 0) is 28.0 Å². The second-order valence-electron chi connectivity index (χ2n) is 11.5. The molecule has 1 aliphatic carbocycles. The van der Waals surface area contributed by atoms with Crippen LogP contribution in [0.15, 0.2) is 54.6 Å². The summed E-state index contributed by atoms with van der Waals surface area (Å²) in [6, 6.07) is 16.6. The Kier molecular flexibility index (Phi) is 7.84. The molecule has 3 aromatic carbocycles. The lowest BCUT2D eigenvalue weighted by atomic mass is 9.81. The smallest absolute Gasteiger partial charge is 0.304 e. The number of carboxylic acid groups (broad SMARTS) is 1. The Hall–Kier alpha value is -3.38. The first-order chi connectivity index (χ1) is 17.9. The number of hydrogen-bond acceptors (Lipinski definition) is 4. The van der Waals surface area contributed by atoms with Gasteiger partial charge >= 0.3 is 5.97 Å². The quantitative estimate of drug-likeness (QED) is 0.317. The van der Waals surface area contributed by atoms with Gasteiger partial charge in [-0.3, -0.25) is 4.79 Å². The molecular formula is C32H37FO5. The van der Waals surface area contributed by atoms with Crippen LogP contribution in [0.2, 0.25) is 0 Å². The SMILES string of the molecule is COc1ccc(F)c(-c2ccc(COc3ccc4c(c3)[C@](C)(CC(=O)O)CC4)cc2[C@@H](OC)C(C)(C)C)c1. The van der Waals surface area contributed by atoms with Crippen LogP contribution >= 0.6 is 0 Å². The second-order valence-corrected chi connectivity index (χ2v) is 11.5. The molecule has 0 bridgehead atoms. The van der Waals surface area contributed by atoms with E-state index in [1.165, 1.54) is 11.6 Å². The molecule has 0 amide bonds. The first-order valence-corrected chi connectivity index (χ1v) is 12.9. The third kappa shape index (κ3) is 5.70. The summed E-state index contributed by atoms with van der Waals surface area (Å²) in [5, 5.41) is 9.41. The minimum atomic E-state index is -0.793. The molecule has 2 atom stereocenters. The van der Waals surface area contributed by atoms with Gasteiger partial charge in [0, 0.05) is 18.1 Å². The zero-order valence-electron chi connectivity index (χ0n) is 23.1. The maximum atomic E-state index is 15.0. The third-order valence-electron chi connectivity index (χ3n) is 7.51. The predicted octanol–water partition coefficient (Wildman–Crippen LogP) is 7.49. The standard InChI is InChI=1S/C32H37FO5/c1-31(2,3)30(37-6)26-15-20(7-11-24(26)25-16-22(36-5)10-12-28(25)33)19-38-23-9-8-21-13-14-32(4,18-29(34)35)27(21)17-23/h7-12,15-17,30H,13-14,18-19H2,1-6H3,(H,34,35)/t30-,32+/m1/s1. The Morgan fingerprint density at radius 3 is 2.42 bits per heavy atom. The number of aryl methyl sites for hydroxylation is 1. The van der Waals surface area contributed by atoms with Crippen LogP contribution in [0, 0.1) is 11.2 Å². The van der Waals surface area contributed by atoms with Gasteiger partial charge in [0.25, 0.3) is 0 Å². The number of methoxy groups -OCH3 is 2. The Balaban J connectivity index is 1.67. The minimum absolute atomic E-state index is 0.0975. The highest BCUT2D eigenvalue weighted by atomic mass is 19.1. The second kappa shape index (κ2) is 10.8. The van der Waals surface area contributed by atoms with Crippen LogP contribution in [-0.4, -0.2) is 25.3 Å². The van der Waals surface area contributed by atoms with Crippen molar-refractivity contribution in [3.63, 3.8) is 0 Å². The number of hydrogen-bond donors (Lipinski definition) is 1. The first-order valence-electron chi connectivity index (χ1n) is 12.9. The number of carboxylic acids is 1. The number of halogens is 1. The molecule has 0 aliphatic heterocycles.